The van der Waals surface area contributed by atoms with Crippen molar-refractivity contribution >= 4 is 6.08 Å². The molecule has 4 aromatic rings. The molecule has 0 saturated heterocycles. The van der Waals surface area contributed by atoms with Gasteiger partial charge in [0.15, 0.2) is 0 Å². The maximum atomic E-state index is 8.35. The smallest absolute Gasteiger partial charge is 0.222 e. The summed E-state index contributed by atoms with van der Waals surface area (Å²) in [4.78, 5) is 8.35. The maximum absolute atomic E-state index is 8.35. The van der Waals surface area contributed by atoms with Crippen molar-refractivity contribution in [3.63, 3.8) is 0 Å². The Labute approximate surface area is 165 Å². The fraction of sp³-hybridized carbons (Fsp3) is 0.0385. The summed E-state index contributed by atoms with van der Waals surface area (Å²) >= 11 is 0. The minimum Gasteiger partial charge on any atom is -0.222 e. The van der Waals surface area contributed by atoms with Gasteiger partial charge in [0.25, 0.3) is 0 Å². The Kier molecular flexibility index (Phi) is 6.67. The third-order valence-corrected chi connectivity index (χ3v) is 4.59. The second-order valence-corrected chi connectivity index (χ2v) is 6.33. The zero-order valence-electron chi connectivity index (χ0n) is 15.5. The van der Waals surface area contributed by atoms with E-state index in [0.29, 0.717) is 0 Å². The van der Waals surface area contributed by atoms with Crippen molar-refractivity contribution in [2.75, 3.05) is 0 Å². The monoisotopic (exact) mass is 363 g/mol. The van der Waals surface area contributed by atoms with E-state index in [1.165, 1.54) is 33.4 Å². The van der Waals surface area contributed by atoms with Crippen LogP contribution in [0, 0.1) is 5.41 Å². The number of hydrogen-bond acceptors (Lipinski definition) is 2. The van der Waals surface area contributed by atoms with E-state index in [0.717, 1.165) is 12.5 Å². The largest absolute Gasteiger partial charge is 0.231 e. The van der Waals surface area contributed by atoms with Gasteiger partial charge in [-0.3, -0.25) is 0 Å². The quantitative estimate of drug-likeness (QED) is 0.326. The molecule has 0 aliphatic carbocycles. The van der Waals surface area contributed by atoms with Crippen LogP contribution in [-0.4, -0.2) is 6.08 Å². The van der Waals surface area contributed by atoms with Crippen molar-refractivity contribution in [2.45, 2.75) is 6.42 Å². The van der Waals surface area contributed by atoms with Gasteiger partial charge in [-0.2, -0.15) is 0 Å². The molecule has 0 saturated carbocycles. The van der Waals surface area contributed by atoms with Crippen LogP contribution in [-0.2, 0) is 11.2 Å². The summed E-state index contributed by atoms with van der Waals surface area (Å²) in [6.45, 7) is 0. The molecule has 0 atom stereocenters. The van der Waals surface area contributed by atoms with Gasteiger partial charge in [0.05, 0.1) is 0 Å². The number of nitrogens with one attached hydrogen (secondary N) is 1. The first kappa shape index (κ1) is 19.0. The highest BCUT2D eigenvalue weighted by Crippen LogP contribution is 2.29. The molecule has 0 fully saturated rings. The molecule has 4 aromatic carbocycles. The van der Waals surface area contributed by atoms with Crippen molar-refractivity contribution in [3.8, 4) is 22.3 Å². The van der Waals surface area contributed by atoms with Crippen molar-refractivity contribution in [2.24, 2.45) is 0 Å². The zero-order chi connectivity index (χ0) is 19.6. The van der Waals surface area contributed by atoms with Gasteiger partial charge in [-0.1, -0.05) is 109 Å². The van der Waals surface area contributed by atoms with E-state index in [1.54, 1.807) is 0 Å². The molecule has 2 nitrogen and oxygen atoms in total. The molecular weight excluding hydrogens is 342 g/mol. The predicted molar refractivity (Wildman–Crippen MR) is 115 cm³/mol. The van der Waals surface area contributed by atoms with E-state index in [2.05, 4.69) is 109 Å². The average Bonchev–Trinajstić information content (AvgIpc) is 2.76. The maximum Gasteiger partial charge on any atom is 0.231 e. The molecule has 4 rings (SSSR count). The van der Waals surface area contributed by atoms with E-state index in [-0.39, 0.29) is 0 Å². The Bertz CT molecular complexity index is 969. The third kappa shape index (κ3) is 4.70. The van der Waals surface area contributed by atoms with Crippen LogP contribution in [0.5, 0.6) is 0 Å². The van der Waals surface area contributed by atoms with Gasteiger partial charge >= 0.3 is 0 Å². The highest BCUT2D eigenvalue weighted by Gasteiger charge is 2.09. The molecule has 0 spiro atoms. The molecule has 28 heavy (non-hydrogen) atoms. The van der Waals surface area contributed by atoms with Crippen molar-refractivity contribution in [1.29, 1.82) is 5.41 Å². The minimum atomic E-state index is 0.750. The van der Waals surface area contributed by atoms with E-state index in [4.69, 9.17) is 10.2 Å². The highest BCUT2D eigenvalue weighted by molar-refractivity contribution is 5.71. The molecular formula is C26H21NO. The topological polar surface area (TPSA) is 40.9 Å². The molecule has 0 radical (unpaired) electrons. The van der Waals surface area contributed by atoms with Gasteiger partial charge < -0.3 is 0 Å². The lowest BCUT2D eigenvalue weighted by atomic mass is 9.91. The van der Waals surface area contributed by atoms with Crippen LogP contribution in [0.1, 0.15) is 11.1 Å². The molecule has 2 heteroatoms. The molecule has 0 aromatic heterocycles. The summed E-state index contributed by atoms with van der Waals surface area (Å²) in [5, 5.41) is 5.40. The molecule has 0 bridgehead atoms. The third-order valence-electron chi connectivity index (χ3n) is 4.59. The number of isocyanates is 1. The van der Waals surface area contributed by atoms with Crippen LogP contribution in [0.3, 0.4) is 0 Å². The van der Waals surface area contributed by atoms with Crippen molar-refractivity contribution in [3.05, 3.63) is 120 Å². The van der Waals surface area contributed by atoms with Gasteiger partial charge in [-0.15, -0.1) is 0 Å². The fourth-order valence-corrected chi connectivity index (χ4v) is 3.35. The average molecular weight is 363 g/mol. The Hall–Kier alpha value is -3.74. The molecule has 136 valence electrons. The summed E-state index contributed by atoms with van der Waals surface area (Å²) in [5.74, 6) is 0. The summed E-state index contributed by atoms with van der Waals surface area (Å²) < 4.78 is 0. The fourth-order valence-electron chi connectivity index (χ4n) is 3.35. The van der Waals surface area contributed by atoms with Gasteiger partial charge in [0.1, 0.15) is 0 Å². The number of hydrogen-bond donors (Lipinski definition) is 1. The Morgan fingerprint density at radius 2 is 0.857 bits per heavy atom. The molecule has 1 N–H and O–H groups in total. The van der Waals surface area contributed by atoms with Crippen LogP contribution in [0.15, 0.2) is 109 Å². The van der Waals surface area contributed by atoms with Crippen molar-refractivity contribution in [1.82, 2.24) is 0 Å². The Morgan fingerprint density at radius 1 is 0.536 bits per heavy atom. The number of benzene rings is 4. The summed E-state index contributed by atoms with van der Waals surface area (Å²) in [6, 6.07) is 38.7. The summed E-state index contributed by atoms with van der Waals surface area (Å²) in [6.07, 6.45) is 1.68. The van der Waals surface area contributed by atoms with Crippen LogP contribution in [0.25, 0.3) is 22.3 Å². The first-order chi connectivity index (χ1) is 13.8. The molecule has 0 heterocycles. The lowest BCUT2D eigenvalue weighted by Crippen LogP contribution is -1.95. The van der Waals surface area contributed by atoms with Crippen molar-refractivity contribution < 1.29 is 4.79 Å². The normalized spacial score (nSPS) is 9.71. The first-order valence-electron chi connectivity index (χ1n) is 9.14. The van der Waals surface area contributed by atoms with E-state index in [9.17, 15) is 0 Å². The van der Waals surface area contributed by atoms with E-state index < -0.39 is 0 Å². The summed E-state index contributed by atoms with van der Waals surface area (Å²) in [5.41, 5.74) is 7.89. The standard InChI is InChI=1S/C25H20.CHNO/c1-3-11-20(12-4-1)24-17-9-7-15-22(24)19-23-16-8-10-18-25(23)21-13-5-2-6-14-21;2-1-3/h1-18H,19H2;2H. The lowest BCUT2D eigenvalue weighted by Gasteiger charge is -2.13. The van der Waals surface area contributed by atoms with Gasteiger partial charge in [0.2, 0.25) is 6.08 Å². The highest BCUT2D eigenvalue weighted by atomic mass is 16.1. The Morgan fingerprint density at radius 3 is 1.25 bits per heavy atom. The molecule has 0 unspecified atom stereocenters. The zero-order valence-corrected chi connectivity index (χ0v) is 15.5. The van der Waals surface area contributed by atoms with Crippen LogP contribution in [0.2, 0.25) is 0 Å². The number of carbonyl (C=O) groups excluding carboxylic acids is 1. The van der Waals surface area contributed by atoms with Crippen LogP contribution in [0.4, 0.5) is 0 Å². The second kappa shape index (κ2) is 9.82. The first-order valence-corrected chi connectivity index (χ1v) is 9.14. The van der Waals surface area contributed by atoms with Crippen LogP contribution < -0.4 is 0 Å². The van der Waals surface area contributed by atoms with Crippen LogP contribution >= 0.6 is 0 Å². The van der Waals surface area contributed by atoms with E-state index in [1.807, 2.05) is 0 Å². The van der Waals surface area contributed by atoms with E-state index >= 15 is 0 Å². The summed E-state index contributed by atoms with van der Waals surface area (Å²) in [7, 11) is 0. The minimum absolute atomic E-state index is 0.750. The molecule has 0 amide bonds. The second-order valence-electron chi connectivity index (χ2n) is 6.33. The van der Waals surface area contributed by atoms with Gasteiger partial charge in [0, 0.05) is 0 Å². The predicted octanol–water partition coefficient (Wildman–Crippen LogP) is 6.51. The lowest BCUT2D eigenvalue weighted by molar-refractivity contribution is 0.563. The van der Waals surface area contributed by atoms with Gasteiger partial charge in [-0.05, 0) is 39.8 Å². The molecule has 0 aliphatic heterocycles. The Balaban J connectivity index is 0.000000706. The SMILES string of the molecule is N=C=O.c1ccc(-c2ccccc2Cc2ccccc2-c2ccccc2)cc1. The molecule has 0 aliphatic rings. The van der Waals surface area contributed by atoms with Gasteiger partial charge in [-0.25, -0.2) is 10.2 Å². The number of rotatable bonds is 4.